The van der Waals surface area contributed by atoms with Gasteiger partial charge in [0, 0.05) is 21.3 Å². The molecule has 2 N–H and O–H groups in total. The number of aromatic carboxylic acids is 2. The molecule has 3 aromatic rings. The van der Waals surface area contributed by atoms with E-state index in [9.17, 15) is 19.8 Å². The molecule has 0 aliphatic carbocycles. The van der Waals surface area contributed by atoms with Crippen molar-refractivity contribution in [2.45, 2.75) is 35.1 Å². The average molecular weight is 439 g/mol. The van der Waals surface area contributed by atoms with Crippen molar-refractivity contribution >= 4 is 35.5 Å². The van der Waals surface area contributed by atoms with E-state index in [4.69, 9.17) is 0 Å². The minimum Gasteiger partial charge on any atom is -0.478 e. The molecular formula is C24H22O4S2. The highest BCUT2D eigenvalue weighted by molar-refractivity contribution is 7.98. The smallest absolute Gasteiger partial charge is 0.336 e. The van der Waals surface area contributed by atoms with Crippen molar-refractivity contribution in [3.63, 3.8) is 0 Å². The van der Waals surface area contributed by atoms with Crippen LogP contribution in [0.2, 0.25) is 0 Å². The van der Waals surface area contributed by atoms with E-state index in [1.54, 1.807) is 24.3 Å². The van der Waals surface area contributed by atoms with Gasteiger partial charge in [-0.2, -0.15) is 0 Å². The van der Waals surface area contributed by atoms with Crippen LogP contribution in [0.15, 0.2) is 70.5 Å². The number of carbonyl (C=O) groups is 2. The van der Waals surface area contributed by atoms with Gasteiger partial charge in [-0.1, -0.05) is 36.4 Å². The van der Waals surface area contributed by atoms with Crippen LogP contribution in [0.1, 0.15) is 43.0 Å². The number of benzene rings is 3. The van der Waals surface area contributed by atoms with Crippen LogP contribution in [-0.2, 0) is 11.5 Å². The second-order valence-electron chi connectivity index (χ2n) is 6.89. The van der Waals surface area contributed by atoms with Crippen LogP contribution < -0.4 is 0 Å². The van der Waals surface area contributed by atoms with Crippen LogP contribution >= 0.6 is 23.5 Å². The van der Waals surface area contributed by atoms with Crippen LogP contribution in [0.4, 0.5) is 0 Å². The molecule has 0 bridgehead atoms. The fourth-order valence-corrected chi connectivity index (χ4v) is 5.32. The third-order valence-electron chi connectivity index (χ3n) is 4.80. The lowest BCUT2D eigenvalue weighted by atomic mass is 10.0. The maximum absolute atomic E-state index is 11.4. The Morgan fingerprint density at radius 1 is 0.700 bits per heavy atom. The summed E-state index contributed by atoms with van der Waals surface area (Å²) in [6, 6.07) is 18.3. The molecule has 0 atom stereocenters. The maximum atomic E-state index is 11.4. The zero-order chi connectivity index (χ0) is 21.7. The lowest BCUT2D eigenvalue weighted by Gasteiger charge is -2.13. The molecule has 0 radical (unpaired) electrons. The van der Waals surface area contributed by atoms with Gasteiger partial charge < -0.3 is 10.2 Å². The van der Waals surface area contributed by atoms with Gasteiger partial charge in [-0.05, 0) is 60.4 Å². The van der Waals surface area contributed by atoms with Crippen LogP contribution in [0, 0.1) is 13.8 Å². The van der Waals surface area contributed by atoms with Crippen LogP contribution in [-0.4, -0.2) is 22.2 Å². The molecule has 3 rings (SSSR count). The van der Waals surface area contributed by atoms with Crippen LogP contribution in [0.3, 0.4) is 0 Å². The molecule has 0 aliphatic rings. The molecule has 4 nitrogen and oxygen atoms in total. The first-order valence-electron chi connectivity index (χ1n) is 9.36. The maximum Gasteiger partial charge on any atom is 0.336 e. The van der Waals surface area contributed by atoms with Crippen molar-refractivity contribution in [2.75, 3.05) is 0 Å². The predicted molar refractivity (Wildman–Crippen MR) is 122 cm³/mol. The normalized spacial score (nSPS) is 10.7. The van der Waals surface area contributed by atoms with Gasteiger partial charge in [-0.15, -0.1) is 23.5 Å². The van der Waals surface area contributed by atoms with E-state index in [-0.39, 0.29) is 0 Å². The molecule has 0 saturated carbocycles. The van der Waals surface area contributed by atoms with Gasteiger partial charge in [0.05, 0.1) is 11.1 Å². The minimum absolute atomic E-state index is 0.313. The Kier molecular flexibility index (Phi) is 7.24. The fourth-order valence-electron chi connectivity index (χ4n) is 3.11. The van der Waals surface area contributed by atoms with E-state index >= 15 is 0 Å². The molecule has 0 aromatic heterocycles. The highest BCUT2D eigenvalue weighted by Gasteiger charge is 2.13. The van der Waals surface area contributed by atoms with E-state index in [0.717, 1.165) is 32.0 Å². The SMILES string of the molecule is Cc1cc(C)c(CSc2ccccc2C(=O)O)cc1CSc1ccccc1C(=O)O. The standard InChI is InChI=1S/C24H22O4S2/c1-15-11-16(2)18(14-30-22-10-6-4-8-20(22)24(27)28)12-17(15)13-29-21-9-5-3-7-19(21)23(25)26/h3-12H,13-14H2,1-2H3,(H,25,26)(H,27,28). The van der Waals surface area contributed by atoms with Crippen LogP contribution in [0.25, 0.3) is 0 Å². The molecule has 0 fully saturated rings. The molecule has 0 spiro atoms. The molecule has 0 saturated heterocycles. The van der Waals surface area contributed by atoms with Crippen molar-refractivity contribution in [3.8, 4) is 0 Å². The summed E-state index contributed by atoms with van der Waals surface area (Å²) in [5, 5.41) is 18.8. The number of carboxylic acid groups (broad SMARTS) is 2. The molecule has 0 heterocycles. The lowest BCUT2D eigenvalue weighted by Crippen LogP contribution is -2.00. The number of hydrogen-bond acceptors (Lipinski definition) is 4. The van der Waals surface area contributed by atoms with Crippen molar-refractivity contribution < 1.29 is 19.8 Å². The van der Waals surface area contributed by atoms with E-state index in [1.165, 1.54) is 23.5 Å². The highest BCUT2D eigenvalue weighted by Crippen LogP contribution is 2.32. The molecule has 0 unspecified atom stereocenters. The van der Waals surface area contributed by atoms with Gasteiger partial charge in [0.25, 0.3) is 0 Å². The molecule has 30 heavy (non-hydrogen) atoms. The summed E-state index contributed by atoms with van der Waals surface area (Å²) in [5.74, 6) is -0.514. The quantitative estimate of drug-likeness (QED) is 0.403. The average Bonchev–Trinajstić information content (AvgIpc) is 2.72. The molecule has 0 amide bonds. The third-order valence-corrected chi connectivity index (χ3v) is 7.04. The Bertz CT molecular complexity index is 1010. The number of carboxylic acids is 2. The first-order valence-corrected chi connectivity index (χ1v) is 11.3. The van der Waals surface area contributed by atoms with Gasteiger partial charge in [-0.25, -0.2) is 9.59 Å². The Labute approximate surface area is 184 Å². The van der Waals surface area contributed by atoms with E-state index < -0.39 is 11.9 Å². The number of hydrogen-bond donors (Lipinski definition) is 2. The first-order chi connectivity index (χ1) is 14.4. The zero-order valence-electron chi connectivity index (χ0n) is 16.7. The van der Waals surface area contributed by atoms with Gasteiger partial charge in [0.15, 0.2) is 0 Å². The molecule has 6 heteroatoms. The largest absolute Gasteiger partial charge is 0.478 e. The summed E-state index contributed by atoms with van der Waals surface area (Å²) >= 11 is 3.03. The topological polar surface area (TPSA) is 74.6 Å². The monoisotopic (exact) mass is 438 g/mol. The number of aryl methyl sites for hydroxylation is 2. The van der Waals surface area contributed by atoms with E-state index in [0.29, 0.717) is 22.6 Å². The zero-order valence-corrected chi connectivity index (χ0v) is 18.3. The van der Waals surface area contributed by atoms with E-state index in [1.807, 2.05) is 24.3 Å². The highest BCUT2D eigenvalue weighted by atomic mass is 32.2. The Morgan fingerprint density at radius 2 is 1.10 bits per heavy atom. The Hall–Kier alpha value is -2.70. The molecule has 3 aromatic carbocycles. The summed E-state index contributed by atoms with van der Waals surface area (Å²) in [7, 11) is 0. The summed E-state index contributed by atoms with van der Waals surface area (Å²) in [6.45, 7) is 4.12. The summed E-state index contributed by atoms with van der Waals surface area (Å²) in [6.07, 6.45) is 0. The fraction of sp³-hybridized carbons (Fsp3) is 0.167. The first kappa shape index (κ1) is 22.0. The summed E-state index contributed by atoms with van der Waals surface area (Å²) < 4.78 is 0. The van der Waals surface area contributed by atoms with Crippen molar-refractivity contribution in [1.29, 1.82) is 0 Å². The second-order valence-corrected chi connectivity index (χ2v) is 8.92. The second kappa shape index (κ2) is 9.87. The lowest BCUT2D eigenvalue weighted by molar-refractivity contribution is 0.0682. The minimum atomic E-state index is -0.923. The third kappa shape index (κ3) is 5.26. The van der Waals surface area contributed by atoms with Crippen molar-refractivity contribution in [2.24, 2.45) is 0 Å². The van der Waals surface area contributed by atoms with Crippen molar-refractivity contribution in [1.82, 2.24) is 0 Å². The van der Waals surface area contributed by atoms with Crippen molar-refractivity contribution in [3.05, 3.63) is 94.0 Å². The number of thioether (sulfide) groups is 2. The Balaban J connectivity index is 1.78. The summed E-state index contributed by atoms with van der Waals surface area (Å²) in [5.41, 5.74) is 5.24. The van der Waals surface area contributed by atoms with Gasteiger partial charge in [0.1, 0.15) is 0 Å². The van der Waals surface area contributed by atoms with Gasteiger partial charge in [0.2, 0.25) is 0 Å². The Morgan fingerprint density at radius 3 is 1.50 bits per heavy atom. The predicted octanol–water partition coefficient (Wildman–Crippen LogP) is 6.28. The van der Waals surface area contributed by atoms with Crippen LogP contribution in [0.5, 0.6) is 0 Å². The van der Waals surface area contributed by atoms with Gasteiger partial charge >= 0.3 is 11.9 Å². The molecule has 154 valence electrons. The number of rotatable bonds is 8. The summed E-state index contributed by atoms with van der Waals surface area (Å²) in [4.78, 5) is 24.4. The van der Waals surface area contributed by atoms with E-state index in [2.05, 4.69) is 26.0 Å². The molecule has 0 aliphatic heterocycles. The molecular weight excluding hydrogens is 416 g/mol. The van der Waals surface area contributed by atoms with Gasteiger partial charge in [-0.3, -0.25) is 0 Å².